The third kappa shape index (κ3) is 7.02. The van der Waals surface area contributed by atoms with E-state index >= 15 is 0 Å². The summed E-state index contributed by atoms with van der Waals surface area (Å²) in [7, 11) is 0. The molecule has 0 saturated carbocycles. The molecule has 0 amide bonds. The van der Waals surface area contributed by atoms with Crippen LogP contribution < -0.4 is 0 Å². The predicted molar refractivity (Wildman–Crippen MR) is 42.9 cm³/mol. The second-order valence-corrected chi connectivity index (χ2v) is 2.88. The summed E-state index contributed by atoms with van der Waals surface area (Å²) in [5.41, 5.74) is 0. The van der Waals surface area contributed by atoms with Gasteiger partial charge in [-0.15, -0.1) is 0 Å². The van der Waals surface area contributed by atoms with Crippen molar-refractivity contribution in [1.82, 2.24) is 0 Å². The van der Waals surface area contributed by atoms with Crippen LogP contribution in [0.2, 0.25) is 0 Å². The van der Waals surface area contributed by atoms with E-state index in [1.165, 1.54) is 0 Å². The molecule has 94 valence electrons. The molecule has 0 radical (unpaired) electrons. The molecular formula is C8H10F4O4. The van der Waals surface area contributed by atoms with Crippen molar-refractivity contribution in [2.24, 2.45) is 0 Å². The molecule has 8 heteroatoms. The molecule has 0 heterocycles. The van der Waals surface area contributed by atoms with Crippen LogP contribution in [0.5, 0.6) is 0 Å². The van der Waals surface area contributed by atoms with E-state index < -0.39 is 37.5 Å². The second kappa shape index (κ2) is 6.29. The smallest absolute Gasteiger partial charge is 0.389 e. The molecule has 0 fully saturated rings. The Labute approximate surface area is 88.5 Å². The fourth-order valence-electron chi connectivity index (χ4n) is 0.666. The van der Waals surface area contributed by atoms with E-state index in [9.17, 15) is 27.2 Å². The number of ether oxygens (including phenoxy) is 2. The summed E-state index contributed by atoms with van der Waals surface area (Å²) in [6.07, 6.45) is -0.597. The first-order valence-corrected chi connectivity index (χ1v) is 4.26. The number of carbonyl (C=O) groups excluding carboxylic acids is 2. The summed E-state index contributed by atoms with van der Waals surface area (Å²) >= 11 is 0. The first-order chi connectivity index (χ1) is 7.23. The van der Waals surface area contributed by atoms with Crippen LogP contribution in [0.1, 0.15) is 19.8 Å². The molecule has 0 aromatic carbocycles. The Hall–Kier alpha value is -1.34. The Kier molecular flexibility index (Phi) is 5.76. The average Bonchev–Trinajstić information content (AvgIpc) is 2.09. The summed E-state index contributed by atoms with van der Waals surface area (Å²) in [5, 5.41) is 0. The Bertz CT molecular complexity index is 249. The zero-order chi connectivity index (χ0) is 12.8. The van der Waals surface area contributed by atoms with Crippen molar-refractivity contribution in [1.29, 1.82) is 0 Å². The molecule has 0 aromatic heterocycles. The van der Waals surface area contributed by atoms with Gasteiger partial charge in [-0.05, 0) is 6.42 Å². The van der Waals surface area contributed by atoms with Gasteiger partial charge < -0.3 is 9.47 Å². The molecule has 0 aliphatic rings. The van der Waals surface area contributed by atoms with Gasteiger partial charge in [-0.1, -0.05) is 0 Å². The highest BCUT2D eigenvalue weighted by atomic mass is 19.3. The molecule has 4 nitrogen and oxygen atoms in total. The minimum Gasteiger partial charge on any atom is -0.461 e. The molecule has 0 spiro atoms. The minimum absolute atomic E-state index is 0.159. The normalized spacial score (nSPS) is 11.4. The highest BCUT2D eigenvalue weighted by Gasteiger charge is 2.34. The van der Waals surface area contributed by atoms with Gasteiger partial charge >= 0.3 is 24.5 Å². The summed E-state index contributed by atoms with van der Waals surface area (Å²) in [6, 6.07) is 0. The largest absolute Gasteiger partial charge is 0.461 e. The Balaban J connectivity index is 3.62. The van der Waals surface area contributed by atoms with Crippen molar-refractivity contribution in [3.63, 3.8) is 0 Å². The third-order valence-electron chi connectivity index (χ3n) is 1.34. The lowest BCUT2D eigenvalue weighted by molar-refractivity contribution is -0.178. The monoisotopic (exact) mass is 246 g/mol. The maximum absolute atomic E-state index is 12.2. The van der Waals surface area contributed by atoms with Crippen LogP contribution in [-0.4, -0.2) is 31.1 Å². The van der Waals surface area contributed by atoms with Gasteiger partial charge in [0.2, 0.25) is 0 Å². The van der Waals surface area contributed by atoms with Gasteiger partial charge in [-0.3, -0.25) is 4.79 Å². The van der Waals surface area contributed by atoms with Crippen molar-refractivity contribution >= 4 is 11.9 Å². The second-order valence-electron chi connectivity index (χ2n) is 2.88. The number of hydrogen-bond acceptors (Lipinski definition) is 4. The van der Waals surface area contributed by atoms with E-state index in [1.54, 1.807) is 0 Å². The fourth-order valence-corrected chi connectivity index (χ4v) is 0.666. The quantitative estimate of drug-likeness (QED) is 0.407. The topological polar surface area (TPSA) is 52.6 Å². The zero-order valence-electron chi connectivity index (χ0n) is 8.34. The van der Waals surface area contributed by atoms with Crippen LogP contribution in [-0.2, 0) is 19.1 Å². The van der Waals surface area contributed by atoms with Gasteiger partial charge in [0.1, 0.15) is 0 Å². The molecule has 16 heavy (non-hydrogen) atoms. The summed E-state index contributed by atoms with van der Waals surface area (Å²) in [4.78, 5) is 21.0. The van der Waals surface area contributed by atoms with E-state index in [0.29, 0.717) is 6.92 Å². The number of esters is 2. The molecule has 0 N–H and O–H groups in total. The van der Waals surface area contributed by atoms with Crippen LogP contribution >= 0.6 is 0 Å². The van der Waals surface area contributed by atoms with Crippen molar-refractivity contribution in [3.8, 4) is 0 Å². The molecule has 0 aliphatic heterocycles. The van der Waals surface area contributed by atoms with Gasteiger partial charge in [0, 0.05) is 13.3 Å². The average molecular weight is 246 g/mol. The zero-order valence-corrected chi connectivity index (χ0v) is 8.34. The van der Waals surface area contributed by atoms with Crippen LogP contribution in [0.3, 0.4) is 0 Å². The van der Waals surface area contributed by atoms with Crippen LogP contribution in [0.15, 0.2) is 0 Å². The highest BCUT2D eigenvalue weighted by Crippen LogP contribution is 2.13. The first-order valence-electron chi connectivity index (χ1n) is 4.26. The van der Waals surface area contributed by atoms with E-state index in [1.807, 2.05) is 0 Å². The summed E-state index contributed by atoms with van der Waals surface area (Å²) in [5.74, 6) is -6.52. The van der Waals surface area contributed by atoms with Crippen LogP contribution in [0.4, 0.5) is 17.6 Å². The number of halogens is 4. The number of rotatable bonds is 6. The van der Waals surface area contributed by atoms with Gasteiger partial charge in [-0.25, -0.2) is 4.79 Å². The van der Waals surface area contributed by atoms with E-state index in [0.717, 1.165) is 0 Å². The van der Waals surface area contributed by atoms with Gasteiger partial charge in [-0.2, -0.15) is 17.6 Å². The Morgan fingerprint density at radius 2 is 1.88 bits per heavy atom. The molecule has 0 rings (SSSR count). The SMILES string of the molecule is CC(F)(F)C(=O)OCCCC(=O)OC(F)F. The van der Waals surface area contributed by atoms with Gasteiger partial charge in [0.25, 0.3) is 0 Å². The lowest BCUT2D eigenvalue weighted by atomic mass is 10.3. The number of hydrogen-bond donors (Lipinski definition) is 0. The van der Waals surface area contributed by atoms with E-state index in [2.05, 4.69) is 9.47 Å². The van der Waals surface area contributed by atoms with Gasteiger partial charge in [0.15, 0.2) is 0 Å². The molecule has 0 bridgehead atoms. The minimum atomic E-state index is -3.61. The maximum atomic E-state index is 12.2. The van der Waals surface area contributed by atoms with Crippen molar-refractivity contribution in [3.05, 3.63) is 0 Å². The van der Waals surface area contributed by atoms with Crippen molar-refractivity contribution < 1.29 is 36.6 Å². The van der Waals surface area contributed by atoms with Gasteiger partial charge in [0.05, 0.1) is 6.61 Å². The summed E-state index contributed by atoms with van der Waals surface area (Å²) < 4.78 is 54.9. The molecular weight excluding hydrogens is 236 g/mol. The van der Waals surface area contributed by atoms with E-state index in [-0.39, 0.29) is 6.42 Å². The molecule has 0 aromatic rings. The van der Waals surface area contributed by atoms with Crippen molar-refractivity contribution in [2.45, 2.75) is 32.3 Å². The van der Waals surface area contributed by atoms with E-state index in [4.69, 9.17) is 0 Å². The van der Waals surface area contributed by atoms with Crippen molar-refractivity contribution in [2.75, 3.05) is 6.61 Å². The molecule has 0 atom stereocenters. The molecule has 0 aliphatic carbocycles. The molecule has 0 unspecified atom stereocenters. The Morgan fingerprint density at radius 1 is 1.31 bits per heavy atom. The maximum Gasteiger partial charge on any atom is 0.389 e. The third-order valence-corrected chi connectivity index (χ3v) is 1.34. The van der Waals surface area contributed by atoms with Crippen LogP contribution in [0, 0.1) is 0 Å². The fraction of sp³-hybridized carbons (Fsp3) is 0.750. The molecule has 0 saturated heterocycles. The number of alkyl halides is 4. The lowest BCUT2D eigenvalue weighted by Gasteiger charge is -2.09. The van der Waals surface area contributed by atoms with Crippen LogP contribution in [0.25, 0.3) is 0 Å². The first kappa shape index (κ1) is 14.7. The lowest BCUT2D eigenvalue weighted by Crippen LogP contribution is -2.27. The highest BCUT2D eigenvalue weighted by molar-refractivity contribution is 5.76. The Morgan fingerprint density at radius 3 is 2.31 bits per heavy atom. The predicted octanol–water partition coefficient (Wildman–Crippen LogP) is 1.73. The standard InChI is InChI=1S/C8H10F4O4/c1-8(11,12)6(14)15-4-2-3-5(13)16-7(9)10/h7H,2-4H2,1H3. The number of carbonyl (C=O) groups is 2. The summed E-state index contributed by atoms with van der Waals surface area (Å²) in [6.45, 7) is -3.31.